The average Bonchev–Trinajstić information content (AvgIpc) is 2.85. The summed E-state index contributed by atoms with van der Waals surface area (Å²) in [6.45, 7) is 1.60. The topological polar surface area (TPSA) is 120 Å². The number of nitrogens with one attached hydrogen (secondary N) is 1. The Morgan fingerprint density at radius 1 is 1.38 bits per heavy atom. The molecule has 1 heterocycles. The van der Waals surface area contributed by atoms with Crippen LogP contribution >= 0.6 is 0 Å². The normalized spacial score (nSPS) is 11.5. The Kier molecular flexibility index (Phi) is 4.76. The third-order valence-electron chi connectivity index (χ3n) is 2.55. The van der Waals surface area contributed by atoms with Crippen LogP contribution in [0.25, 0.3) is 0 Å². The number of rotatable bonds is 7. The van der Waals surface area contributed by atoms with Gasteiger partial charge in [0, 0.05) is 6.92 Å². The van der Waals surface area contributed by atoms with Gasteiger partial charge in [-0.15, -0.1) is 0 Å². The van der Waals surface area contributed by atoms with Crippen LogP contribution in [0.5, 0.6) is 5.75 Å². The van der Waals surface area contributed by atoms with Crippen molar-refractivity contribution in [3.63, 3.8) is 0 Å². The van der Waals surface area contributed by atoms with Gasteiger partial charge in [-0.3, -0.25) is 0 Å². The average molecular weight is 312 g/mol. The van der Waals surface area contributed by atoms with Gasteiger partial charge in [-0.05, 0) is 12.1 Å². The molecule has 0 bridgehead atoms. The molecule has 114 valence electrons. The van der Waals surface area contributed by atoms with Crippen LogP contribution in [0.15, 0.2) is 28.8 Å². The Hall–Kier alpha value is -2.13. The van der Waals surface area contributed by atoms with Crippen molar-refractivity contribution in [2.75, 3.05) is 18.1 Å². The van der Waals surface area contributed by atoms with Gasteiger partial charge in [-0.2, -0.15) is 4.98 Å². The Morgan fingerprint density at radius 2 is 2.14 bits per heavy atom. The molecule has 9 heteroatoms. The molecule has 1 aromatic heterocycles. The molecule has 0 spiro atoms. The predicted octanol–water partition coefficient (Wildman–Crippen LogP) is 0.459. The van der Waals surface area contributed by atoms with E-state index in [0.29, 0.717) is 17.3 Å². The maximum absolute atomic E-state index is 11.8. The van der Waals surface area contributed by atoms with E-state index in [1.54, 1.807) is 31.2 Å². The smallest absolute Gasteiger partial charge is 0.223 e. The molecule has 0 aliphatic carbocycles. The van der Waals surface area contributed by atoms with Crippen LogP contribution < -0.4 is 15.2 Å². The molecule has 0 saturated carbocycles. The van der Waals surface area contributed by atoms with Gasteiger partial charge in [-0.25, -0.2) is 13.1 Å². The van der Waals surface area contributed by atoms with Crippen molar-refractivity contribution in [1.82, 2.24) is 14.9 Å². The van der Waals surface area contributed by atoms with Gasteiger partial charge >= 0.3 is 0 Å². The summed E-state index contributed by atoms with van der Waals surface area (Å²) < 4.78 is 36.0. The van der Waals surface area contributed by atoms with Crippen LogP contribution in [0.1, 0.15) is 11.7 Å². The number of hydrogen-bond acceptors (Lipinski definition) is 7. The number of aromatic nitrogens is 2. The van der Waals surface area contributed by atoms with Crippen molar-refractivity contribution in [2.24, 2.45) is 0 Å². The van der Waals surface area contributed by atoms with Crippen LogP contribution in [-0.2, 0) is 16.6 Å². The highest BCUT2D eigenvalue weighted by Crippen LogP contribution is 2.19. The number of nitrogens with two attached hydrogens (primary N) is 1. The zero-order valence-corrected chi connectivity index (χ0v) is 12.3. The quantitative estimate of drug-likeness (QED) is 0.712. The molecule has 0 aliphatic rings. The zero-order valence-electron chi connectivity index (χ0n) is 11.4. The van der Waals surface area contributed by atoms with Crippen molar-refractivity contribution in [1.29, 1.82) is 0 Å². The summed E-state index contributed by atoms with van der Waals surface area (Å²) >= 11 is 0. The SMILES string of the molecule is Cc1nc(CNS(=O)(=O)CCOc2ccccc2N)no1. The van der Waals surface area contributed by atoms with Gasteiger partial charge in [0.05, 0.1) is 18.0 Å². The third kappa shape index (κ3) is 4.72. The molecule has 1 aromatic carbocycles. The standard InChI is InChI=1S/C12H16N4O4S/c1-9-15-12(16-20-9)8-14-21(17,18)7-6-19-11-5-3-2-4-10(11)13/h2-5,14H,6-8,13H2,1H3. The number of benzene rings is 1. The first kappa shape index (κ1) is 15.3. The zero-order chi connectivity index (χ0) is 15.3. The van der Waals surface area contributed by atoms with E-state index in [-0.39, 0.29) is 24.7 Å². The number of nitrogen functional groups attached to an aromatic ring is 1. The highest BCUT2D eigenvalue weighted by molar-refractivity contribution is 7.89. The van der Waals surface area contributed by atoms with Gasteiger partial charge in [0.2, 0.25) is 15.9 Å². The molecule has 0 aliphatic heterocycles. The van der Waals surface area contributed by atoms with Gasteiger partial charge in [0.15, 0.2) is 5.82 Å². The summed E-state index contributed by atoms with van der Waals surface area (Å²) in [6, 6.07) is 6.89. The van der Waals surface area contributed by atoms with E-state index in [0.717, 1.165) is 0 Å². The molecule has 3 N–H and O–H groups in total. The van der Waals surface area contributed by atoms with E-state index >= 15 is 0 Å². The number of nitrogens with zero attached hydrogens (tertiary/aromatic N) is 2. The van der Waals surface area contributed by atoms with Gasteiger partial charge in [0.25, 0.3) is 0 Å². The second kappa shape index (κ2) is 6.55. The Bertz CT molecular complexity index is 699. The second-order valence-corrected chi connectivity index (χ2v) is 6.18. The first-order valence-electron chi connectivity index (χ1n) is 6.20. The maximum atomic E-state index is 11.8. The molecule has 0 amide bonds. The van der Waals surface area contributed by atoms with Crippen molar-refractivity contribution < 1.29 is 17.7 Å². The van der Waals surface area contributed by atoms with E-state index in [2.05, 4.69) is 14.9 Å². The summed E-state index contributed by atoms with van der Waals surface area (Å²) in [6.07, 6.45) is 0. The van der Waals surface area contributed by atoms with Crippen molar-refractivity contribution in [2.45, 2.75) is 13.5 Å². The fraction of sp³-hybridized carbons (Fsp3) is 0.333. The van der Waals surface area contributed by atoms with Crippen LogP contribution in [0.2, 0.25) is 0 Å². The maximum Gasteiger partial charge on any atom is 0.223 e. The summed E-state index contributed by atoms with van der Waals surface area (Å²) in [5, 5.41) is 3.60. The van der Waals surface area contributed by atoms with Crippen molar-refractivity contribution in [3.8, 4) is 5.75 Å². The number of para-hydroxylation sites is 2. The summed E-state index contributed by atoms with van der Waals surface area (Å²) in [7, 11) is -3.49. The predicted molar refractivity (Wildman–Crippen MR) is 76.0 cm³/mol. The van der Waals surface area contributed by atoms with Crippen molar-refractivity contribution >= 4 is 15.7 Å². The Labute approximate surface area is 122 Å². The molecule has 0 radical (unpaired) electrons. The molecule has 21 heavy (non-hydrogen) atoms. The molecule has 2 rings (SSSR count). The first-order chi connectivity index (χ1) is 9.96. The van der Waals surface area contributed by atoms with E-state index in [9.17, 15) is 8.42 Å². The second-order valence-electron chi connectivity index (χ2n) is 4.26. The molecular weight excluding hydrogens is 296 g/mol. The van der Waals surface area contributed by atoms with E-state index in [4.69, 9.17) is 15.0 Å². The molecular formula is C12H16N4O4S. The minimum Gasteiger partial charge on any atom is -0.490 e. The lowest BCUT2D eigenvalue weighted by Crippen LogP contribution is -2.29. The van der Waals surface area contributed by atoms with Crippen LogP contribution in [0, 0.1) is 6.92 Å². The molecule has 0 saturated heterocycles. The highest BCUT2D eigenvalue weighted by atomic mass is 32.2. The number of sulfonamides is 1. The fourth-order valence-corrected chi connectivity index (χ4v) is 2.33. The third-order valence-corrected chi connectivity index (χ3v) is 3.84. The van der Waals surface area contributed by atoms with Crippen LogP contribution in [-0.4, -0.2) is 30.9 Å². The monoisotopic (exact) mass is 312 g/mol. The molecule has 0 fully saturated rings. The fourth-order valence-electron chi connectivity index (χ4n) is 1.53. The number of anilines is 1. The molecule has 0 unspecified atom stereocenters. The summed E-state index contributed by atoms with van der Waals surface area (Å²) in [5.41, 5.74) is 6.15. The van der Waals surface area contributed by atoms with Crippen LogP contribution in [0.3, 0.4) is 0 Å². The molecule has 2 aromatic rings. The number of aryl methyl sites for hydroxylation is 1. The molecule has 8 nitrogen and oxygen atoms in total. The lowest BCUT2D eigenvalue weighted by atomic mass is 10.3. The lowest BCUT2D eigenvalue weighted by molar-refractivity contribution is 0.342. The minimum atomic E-state index is -3.49. The van der Waals surface area contributed by atoms with E-state index < -0.39 is 10.0 Å². The van der Waals surface area contributed by atoms with Gasteiger partial charge in [0.1, 0.15) is 12.4 Å². The summed E-state index contributed by atoms with van der Waals surface area (Å²) in [4.78, 5) is 3.90. The van der Waals surface area contributed by atoms with Crippen LogP contribution in [0.4, 0.5) is 5.69 Å². The number of ether oxygens (including phenoxy) is 1. The van der Waals surface area contributed by atoms with E-state index in [1.165, 1.54) is 0 Å². The Morgan fingerprint density at radius 3 is 2.81 bits per heavy atom. The molecule has 0 atom stereocenters. The lowest BCUT2D eigenvalue weighted by Gasteiger charge is -2.09. The summed E-state index contributed by atoms with van der Waals surface area (Å²) in [5.74, 6) is 0.927. The van der Waals surface area contributed by atoms with Gasteiger partial charge in [-0.1, -0.05) is 17.3 Å². The largest absolute Gasteiger partial charge is 0.490 e. The highest BCUT2D eigenvalue weighted by Gasteiger charge is 2.12. The first-order valence-corrected chi connectivity index (χ1v) is 7.85. The van der Waals surface area contributed by atoms with Gasteiger partial charge < -0.3 is 15.0 Å². The minimum absolute atomic E-state index is 0.00514. The number of hydrogen-bond donors (Lipinski definition) is 2. The van der Waals surface area contributed by atoms with E-state index in [1.807, 2.05) is 0 Å². The van der Waals surface area contributed by atoms with Crippen molar-refractivity contribution in [3.05, 3.63) is 36.0 Å². The Balaban J connectivity index is 1.80.